The average molecular weight is 401 g/mol. The van der Waals surface area contributed by atoms with Crippen LogP contribution in [0.15, 0.2) is 47.4 Å². The van der Waals surface area contributed by atoms with Crippen molar-refractivity contribution >= 4 is 21.7 Å². The van der Waals surface area contributed by atoms with Crippen molar-refractivity contribution in [2.24, 2.45) is 5.73 Å². The quantitative estimate of drug-likeness (QED) is 0.722. The number of anilines is 1. The summed E-state index contributed by atoms with van der Waals surface area (Å²) in [5, 5.41) is 12.6. The topological polar surface area (TPSA) is 113 Å². The number of carboxylic acid groups (broad SMARTS) is 1. The monoisotopic (exact) mass is 401 g/mol. The molecule has 2 aromatic carbocycles. The third-order valence-corrected chi connectivity index (χ3v) is 7.80. The Morgan fingerprint density at radius 2 is 1.93 bits per heavy atom. The number of sulfonamides is 1. The molecule has 4 N–H and O–H groups in total. The zero-order valence-corrected chi connectivity index (χ0v) is 16.2. The maximum atomic E-state index is 13.0. The van der Waals surface area contributed by atoms with Crippen LogP contribution in [-0.4, -0.2) is 43.4 Å². The van der Waals surface area contributed by atoms with Gasteiger partial charge in [0.25, 0.3) is 0 Å². The summed E-state index contributed by atoms with van der Waals surface area (Å²) >= 11 is 0. The second kappa shape index (κ2) is 6.88. The van der Waals surface area contributed by atoms with Crippen molar-refractivity contribution in [1.29, 1.82) is 0 Å². The fraction of sp³-hybridized carbons (Fsp3) is 0.350. The molecule has 28 heavy (non-hydrogen) atoms. The number of nitrogens with two attached hydrogens (primary N) is 1. The number of piperidine rings is 1. The van der Waals surface area contributed by atoms with Gasteiger partial charge in [0.15, 0.2) is 0 Å². The van der Waals surface area contributed by atoms with Gasteiger partial charge in [0, 0.05) is 37.3 Å². The van der Waals surface area contributed by atoms with E-state index in [9.17, 15) is 13.2 Å². The van der Waals surface area contributed by atoms with Crippen LogP contribution in [0.5, 0.6) is 0 Å². The Morgan fingerprint density at radius 1 is 1.18 bits per heavy atom. The standard InChI is InChI=1S/C20H23N3O4S/c21-12-14-4-5-18-17(10-14)20(13-22-18)6-8-23(9-7-20)28(26,27)16-3-1-2-15(11-16)19(24)25/h1-5,10-11,22H,6-9,12-13,21H2,(H,24,25). The molecule has 2 aromatic rings. The van der Waals surface area contributed by atoms with Gasteiger partial charge in [-0.2, -0.15) is 4.31 Å². The van der Waals surface area contributed by atoms with Crippen molar-refractivity contribution < 1.29 is 18.3 Å². The average Bonchev–Trinajstić information content (AvgIpc) is 3.05. The highest BCUT2D eigenvalue weighted by Gasteiger charge is 2.43. The molecule has 0 atom stereocenters. The van der Waals surface area contributed by atoms with E-state index in [0.717, 1.165) is 17.8 Å². The van der Waals surface area contributed by atoms with Crippen molar-refractivity contribution in [2.45, 2.75) is 29.7 Å². The SMILES string of the molecule is NCc1ccc2c(c1)C1(CCN(S(=O)(=O)c3cccc(C(=O)O)c3)CC1)CN2. The lowest BCUT2D eigenvalue weighted by atomic mass is 9.74. The van der Waals surface area contributed by atoms with Crippen LogP contribution in [-0.2, 0) is 22.0 Å². The molecule has 0 aliphatic carbocycles. The van der Waals surface area contributed by atoms with Gasteiger partial charge < -0.3 is 16.2 Å². The number of aromatic carboxylic acids is 1. The molecule has 2 aliphatic heterocycles. The summed E-state index contributed by atoms with van der Waals surface area (Å²) < 4.78 is 27.5. The number of carbonyl (C=O) groups is 1. The number of nitrogens with one attached hydrogen (secondary N) is 1. The largest absolute Gasteiger partial charge is 0.478 e. The Hall–Kier alpha value is -2.42. The van der Waals surface area contributed by atoms with E-state index < -0.39 is 16.0 Å². The van der Waals surface area contributed by atoms with E-state index in [2.05, 4.69) is 11.4 Å². The van der Waals surface area contributed by atoms with E-state index in [0.29, 0.717) is 32.5 Å². The Labute approximate surface area is 164 Å². The predicted octanol–water partition coefficient (Wildman–Crippen LogP) is 1.99. The van der Waals surface area contributed by atoms with Gasteiger partial charge in [-0.05, 0) is 48.2 Å². The number of rotatable bonds is 4. The lowest BCUT2D eigenvalue weighted by Crippen LogP contribution is -2.46. The van der Waals surface area contributed by atoms with E-state index in [4.69, 9.17) is 10.8 Å². The Kier molecular flexibility index (Phi) is 4.65. The second-order valence-corrected chi connectivity index (χ2v) is 9.39. The van der Waals surface area contributed by atoms with Gasteiger partial charge in [-0.3, -0.25) is 0 Å². The highest BCUT2D eigenvalue weighted by molar-refractivity contribution is 7.89. The first-order valence-corrected chi connectivity index (χ1v) is 10.7. The highest BCUT2D eigenvalue weighted by atomic mass is 32.2. The molecule has 1 saturated heterocycles. The fourth-order valence-electron chi connectivity index (χ4n) is 4.21. The maximum absolute atomic E-state index is 13.0. The maximum Gasteiger partial charge on any atom is 0.335 e. The summed E-state index contributed by atoms with van der Waals surface area (Å²) in [7, 11) is -3.72. The minimum atomic E-state index is -3.72. The molecule has 0 radical (unpaired) electrons. The summed E-state index contributed by atoms with van der Waals surface area (Å²) in [5.41, 5.74) is 9.07. The number of nitrogens with zero attached hydrogens (tertiary/aromatic N) is 1. The molecule has 1 fully saturated rings. The molecule has 0 saturated carbocycles. The molecular weight excluding hydrogens is 378 g/mol. The van der Waals surface area contributed by atoms with Crippen molar-refractivity contribution in [2.75, 3.05) is 25.0 Å². The zero-order chi connectivity index (χ0) is 19.9. The van der Waals surface area contributed by atoms with E-state index in [1.807, 2.05) is 12.1 Å². The second-order valence-electron chi connectivity index (χ2n) is 7.46. The molecule has 1 spiro atoms. The van der Waals surface area contributed by atoms with E-state index in [-0.39, 0.29) is 15.9 Å². The highest BCUT2D eigenvalue weighted by Crippen LogP contribution is 2.45. The van der Waals surface area contributed by atoms with Crippen LogP contribution in [0.4, 0.5) is 5.69 Å². The lowest BCUT2D eigenvalue weighted by molar-refractivity contribution is 0.0696. The Balaban J connectivity index is 1.57. The predicted molar refractivity (Wildman–Crippen MR) is 106 cm³/mol. The third kappa shape index (κ3) is 3.07. The van der Waals surface area contributed by atoms with Crippen molar-refractivity contribution in [3.8, 4) is 0 Å². The molecule has 0 unspecified atom stereocenters. The molecular formula is C20H23N3O4S. The van der Waals surface area contributed by atoms with E-state index >= 15 is 0 Å². The van der Waals surface area contributed by atoms with Crippen LogP contribution in [0.1, 0.15) is 34.3 Å². The molecule has 0 aromatic heterocycles. The van der Waals surface area contributed by atoms with Crippen LogP contribution < -0.4 is 11.1 Å². The molecule has 0 amide bonds. The number of hydrogen-bond acceptors (Lipinski definition) is 5. The van der Waals surface area contributed by atoms with E-state index in [1.54, 1.807) is 0 Å². The van der Waals surface area contributed by atoms with Gasteiger partial charge in [-0.1, -0.05) is 18.2 Å². The summed E-state index contributed by atoms with van der Waals surface area (Å²) in [6.07, 6.45) is 1.41. The molecule has 4 rings (SSSR count). The smallest absolute Gasteiger partial charge is 0.335 e. The summed E-state index contributed by atoms with van der Waals surface area (Å²) in [6.45, 7) is 2.06. The van der Waals surface area contributed by atoms with Gasteiger partial charge in [-0.15, -0.1) is 0 Å². The van der Waals surface area contributed by atoms with Gasteiger partial charge in [0.2, 0.25) is 10.0 Å². The van der Waals surface area contributed by atoms with E-state index in [1.165, 1.54) is 34.1 Å². The Bertz CT molecular complexity index is 1030. The molecule has 7 nitrogen and oxygen atoms in total. The van der Waals surface area contributed by atoms with Crippen LogP contribution in [0.25, 0.3) is 0 Å². The number of fused-ring (bicyclic) bond motifs is 2. The number of hydrogen-bond donors (Lipinski definition) is 3. The first kappa shape index (κ1) is 18.9. The fourth-order valence-corrected chi connectivity index (χ4v) is 5.70. The Morgan fingerprint density at radius 3 is 2.61 bits per heavy atom. The molecule has 2 heterocycles. The molecule has 0 bridgehead atoms. The first-order chi connectivity index (χ1) is 13.4. The van der Waals surface area contributed by atoms with Crippen molar-refractivity contribution in [3.05, 3.63) is 59.2 Å². The summed E-state index contributed by atoms with van der Waals surface area (Å²) in [6, 6.07) is 11.7. The minimum absolute atomic E-state index is 0.0266. The van der Waals surface area contributed by atoms with Gasteiger partial charge >= 0.3 is 5.97 Å². The number of carboxylic acids is 1. The zero-order valence-electron chi connectivity index (χ0n) is 15.4. The van der Waals surface area contributed by atoms with Gasteiger partial charge in [0.05, 0.1) is 10.5 Å². The van der Waals surface area contributed by atoms with Crippen molar-refractivity contribution in [1.82, 2.24) is 4.31 Å². The summed E-state index contributed by atoms with van der Waals surface area (Å²) in [4.78, 5) is 11.2. The third-order valence-electron chi connectivity index (χ3n) is 5.91. The lowest BCUT2D eigenvalue weighted by Gasteiger charge is -2.38. The van der Waals surface area contributed by atoms with Crippen molar-refractivity contribution in [3.63, 3.8) is 0 Å². The van der Waals surface area contributed by atoms with Gasteiger partial charge in [0.1, 0.15) is 0 Å². The van der Waals surface area contributed by atoms with Gasteiger partial charge in [-0.25, -0.2) is 13.2 Å². The number of benzene rings is 2. The first-order valence-electron chi connectivity index (χ1n) is 9.27. The van der Waals surface area contributed by atoms with Crippen LogP contribution >= 0.6 is 0 Å². The van der Waals surface area contributed by atoms with Crippen LogP contribution in [0, 0.1) is 0 Å². The van der Waals surface area contributed by atoms with Crippen LogP contribution in [0.3, 0.4) is 0 Å². The normalized spacial score (nSPS) is 18.6. The summed E-state index contributed by atoms with van der Waals surface area (Å²) in [5.74, 6) is -1.14. The van der Waals surface area contributed by atoms with Crippen LogP contribution in [0.2, 0.25) is 0 Å². The minimum Gasteiger partial charge on any atom is -0.478 e. The molecule has 8 heteroatoms. The molecule has 148 valence electrons. The molecule has 2 aliphatic rings.